The molecule has 2 aromatic rings. The molecule has 6 nitrogen and oxygen atoms in total. The third-order valence-electron chi connectivity index (χ3n) is 6.96. The second kappa shape index (κ2) is 9.18. The lowest BCUT2D eigenvalue weighted by Gasteiger charge is -2.37. The van der Waals surface area contributed by atoms with Crippen molar-refractivity contribution in [1.82, 2.24) is 15.2 Å². The molecule has 0 aliphatic carbocycles. The Morgan fingerprint density at radius 1 is 1.13 bits per heavy atom. The fourth-order valence-corrected chi connectivity index (χ4v) is 4.83. The molecule has 2 saturated heterocycles. The Kier molecular flexibility index (Phi) is 6.37. The predicted molar refractivity (Wildman–Crippen MR) is 119 cm³/mol. The lowest BCUT2D eigenvalue weighted by atomic mass is 9.71. The summed E-state index contributed by atoms with van der Waals surface area (Å²) in [5.74, 6) is -0.142. The maximum Gasteiger partial charge on any atom is 0.253 e. The second-order valence-corrected chi connectivity index (χ2v) is 8.91. The Balaban J connectivity index is 1.46. The topological polar surface area (TPSA) is 71.5 Å². The van der Waals surface area contributed by atoms with Gasteiger partial charge in [0.05, 0.1) is 5.92 Å². The molecule has 1 unspecified atom stereocenters. The van der Waals surface area contributed by atoms with E-state index in [-0.39, 0.29) is 23.1 Å². The third kappa shape index (κ3) is 4.64. The van der Waals surface area contributed by atoms with E-state index in [0.29, 0.717) is 38.4 Å². The predicted octanol–water partition coefficient (Wildman–Crippen LogP) is 2.93. The van der Waals surface area contributed by atoms with Crippen molar-refractivity contribution in [2.24, 2.45) is 11.3 Å². The minimum absolute atomic E-state index is 0.0149. The van der Waals surface area contributed by atoms with Crippen molar-refractivity contribution >= 4 is 11.8 Å². The summed E-state index contributed by atoms with van der Waals surface area (Å²) in [4.78, 5) is 32.4. The van der Waals surface area contributed by atoms with Crippen molar-refractivity contribution in [2.75, 3.05) is 32.8 Å². The standard InChI is InChI=1S/C25H31N3O3/c1-18-3-4-21(15-19(18)2)24(30)28-16-22(25(17-28)8-13-31-14-9-25)23(29)27-12-7-20-5-10-26-11-6-20/h3-6,10-11,15,22H,7-9,12-14,16-17H2,1-2H3,(H,27,29). The molecule has 0 bridgehead atoms. The van der Waals surface area contributed by atoms with Gasteiger partial charge in [0.2, 0.25) is 5.91 Å². The molecule has 2 aliphatic rings. The van der Waals surface area contributed by atoms with Gasteiger partial charge in [0, 0.05) is 56.2 Å². The first-order valence-electron chi connectivity index (χ1n) is 11.1. The van der Waals surface area contributed by atoms with Crippen LogP contribution in [0, 0.1) is 25.2 Å². The first-order chi connectivity index (χ1) is 15.0. The SMILES string of the molecule is Cc1ccc(C(=O)N2CC(C(=O)NCCc3ccncc3)C3(CCOCC3)C2)cc1C. The van der Waals surface area contributed by atoms with Crippen molar-refractivity contribution in [1.29, 1.82) is 0 Å². The van der Waals surface area contributed by atoms with Gasteiger partial charge in [-0.1, -0.05) is 6.07 Å². The fourth-order valence-electron chi connectivity index (χ4n) is 4.83. The van der Waals surface area contributed by atoms with Crippen LogP contribution in [0.2, 0.25) is 0 Å². The summed E-state index contributed by atoms with van der Waals surface area (Å²) in [6.45, 7) is 7.02. The van der Waals surface area contributed by atoms with Gasteiger partial charge in [0.1, 0.15) is 0 Å². The summed E-state index contributed by atoms with van der Waals surface area (Å²) in [5, 5.41) is 3.12. The number of pyridine rings is 1. The van der Waals surface area contributed by atoms with E-state index in [2.05, 4.69) is 10.3 Å². The molecule has 31 heavy (non-hydrogen) atoms. The van der Waals surface area contributed by atoms with Gasteiger partial charge in [-0.3, -0.25) is 14.6 Å². The van der Waals surface area contributed by atoms with E-state index in [1.807, 2.05) is 49.1 Å². The summed E-state index contributed by atoms with van der Waals surface area (Å²) >= 11 is 0. The number of hydrogen-bond acceptors (Lipinski definition) is 4. The van der Waals surface area contributed by atoms with Gasteiger partial charge in [-0.25, -0.2) is 0 Å². The largest absolute Gasteiger partial charge is 0.381 e. The summed E-state index contributed by atoms with van der Waals surface area (Å²) in [6.07, 6.45) is 5.92. The first-order valence-corrected chi connectivity index (χ1v) is 11.1. The molecule has 4 rings (SSSR count). The number of likely N-dealkylation sites (tertiary alicyclic amines) is 1. The van der Waals surface area contributed by atoms with Gasteiger partial charge in [0.25, 0.3) is 5.91 Å². The Labute approximate surface area is 184 Å². The Hall–Kier alpha value is -2.73. The molecule has 1 spiro atoms. The van der Waals surface area contributed by atoms with Crippen LogP contribution in [0.3, 0.4) is 0 Å². The summed E-state index contributed by atoms with van der Waals surface area (Å²) in [6, 6.07) is 9.77. The van der Waals surface area contributed by atoms with Crippen LogP contribution in [0.25, 0.3) is 0 Å². The van der Waals surface area contributed by atoms with Crippen LogP contribution in [0.15, 0.2) is 42.7 Å². The first kappa shape index (κ1) is 21.5. The number of hydrogen-bond donors (Lipinski definition) is 1. The molecule has 0 radical (unpaired) electrons. The molecule has 1 N–H and O–H groups in total. The van der Waals surface area contributed by atoms with Crippen molar-refractivity contribution in [2.45, 2.75) is 33.1 Å². The molecule has 2 aliphatic heterocycles. The minimum Gasteiger partial charge on any atom is -0.381 e. The van der Waals surface area contributed by atoms with Crippen molar-refractivity contribution in [3.63, 3.8) is 0 Å². The second-order valence-electron chi connectivity index (χ2n) is 8.91. The highest BCUT2D eigenvalue weighted by Gasteiger charge is 2.51. The molecule has 6 heteroatoms. The van der Waals surface area contributed by atoms with Gasteiger partial charge in [-0.15, -0.1) is 0 Å². The minimum atomic E-state index is -0.204. The molecular formula is C25H31N3O3. The Bertz CT molecular complexity index is 938. The lowest BCUT2D eigenvalue weighted by Crippen LogP contribution is -2.44. The highest BCUT2D eigenvalue weighted by Crippen LogP contribution is 2.44. The number of rotatable bonds is 5. The van der Waals surface area contributed by atoms with Crippen LogP contribution in [0.4, 0.5) is 0 Å². The van der Waals surface area contributed by atoms with Gasteiger partial charge < -0.3 is 15.0 Å². The number of carbonyl (C=O) groups excluding carboxylic acids is 2. The Morgan fingerprint density at radius 3 is 2.58 bits per heavy atom. The molecule has 1 aromatic carbocycles. The number of ether oxygens (including phenoxy) is 1. The van der Waals surface area contributed by atoms with Crippen LogP contribution in [0.1, 0.15) is 39.9 Å². The molecular weight excluding hydrogens is 390 g/mol. The molecule has 0 saturated carbocycles. The summed E-state index contributed by atoms with van der Waals surface area (Å²) in [7, 11) is 0. The zero-order valence-corrected chi connectivity index (χ0v) is 18.4. The monoisotopic (exact) mass is 421 g/mol. The van der Waals surface area contributed by atoms with E-state index in [9.17, 15) is 9.59 Å². The van der Waals surface area contributed by atoms with Gasteiger partial charge in [-0.2, -0.15) is 0 Å². The molecule has 3 heterocycles. The average molecular weight is 422 g/mol. The maximum atomic E-state index is 13.3. The fraction of sp³-hybridized carbons (Fsp3) is 0.480. The maximum absolute atomic E-state index is 13.3. The number of carbonyl (C=O) groups is 2. The van der Waals surface area contributed by atoms with E-state index in [0.717, 1.165) is 30.4 Å². The van der Waals surface area contributed by atoms with Gasteiger partial charge >= 0.3 is 0 Å². The van der Waals surface area contributed by atoms with Crippen molar-refractivity contribution < 1.29 is 14.3 Å². The van der Waals surface area contributed by atoms with Crippen molar-refractivity contribution in [3.05, 3.63) is 65.0 Å². The number of aryl methyl sites for hydroxylation is 2. The van der Waals surface area contributed by atoms with Crippen LogP contribution in [-0.4, -0.2) is 54.5 Å². The lowest BCUT2D eigenvalue weighted by molar-refractivity contribution is -0.129. The van der Waals surface area contributed by atoms with Gasteiger partial charge in [-0.05, 0) is 74.1 Å². The van der Waals surface area contributed by atoms with Gasteiger partial charge in [0.15, 0.2) is 0 Å². The average Bonchev–Trinajstić information content (AvgIpc) is 3.15. The quantitative estimate of drug-likeness (QED) is 0.806. The van der Waals surface area contributed by atoms with Crippen LogP contribution in [-0.2, 0) is 16.0 Å². The zero-order valence-electron chi connectivity index (χ0n) is 18.4. The van der Waals surface area contributed by atoms with Crippen LogP contribution in [0.5, 0.6) is 0 Å². The molecule has 1 atom stereocenters. The van der Waals surface area contributed by atoms with Crippen molar-refractivity contribution in [3.8, 4) is 0 Å². The highest BCUT2D eigenvalue weighted by molar-refractivity contribution is 5.95. The number of nitrogens with one attached hydrogen (secondary N) is 1. The van der Waals surface area contributed by atoms with E-state index in [1.165, 1.54) is 5.56 Å². The number of amides is 2. The van der Waals surface area contributed by atoms with E-state index < -0.39 is 0 Å². The molecule has 164 valence electrons. The highest BCUT2D eigenvalue weighted by atomic mass is 16.5. The third-order valence-corrected chi connectivity index (χ3v) is 6.96. The number of nitrogens with zero attached hydrogens (tertiary/aromatic N) is 2. The molecule has 2 fully saturated rings. The number of aromatic nitrogens is 1. The Morgan fingerprint density at radius 2 is 1.87 bits per heavy atom. The zero-order chi connectivity index (χ0) is 21.8. The molecule has 1 aromatic heterocycles. The normalized spacial score (nSPS) is 20.1. The number of benzene rings is 1. The van der Waals surface area contributed by atoms with Crippen LogP contribution < -0.4 is 5.32 Å². The molecule has 2 amide bonds. The summed E-state index contributed by atoms with van der Waals surface area (Å²) in [5.41, 5.74) is 3.92. The van der Waals surface area contributed by atoms with E-state index in [4.69, 9.17) is 4.74 Å². The van der Waals surface area contributed by atoms with Crippen LogP contribution >= 0.6 is 0 Å². The van der Waals surface area contributed by atoms with E-state index in [1.54, 1.807) is 12.4 Å². The smallest absolute Gasteiger partial charge is 0.253 e. The van der Waals surface area contributed by atoms with E-state index >= 15 is 0 Å². The summed E-state index contributed by atoms with van der Waals surface area (Å²) < 4.78 is 5.59.